The van der Waals surface area contributed by atoms with Crippen molar-refractivity contribution < 1.29 is 14.3 Å². The molecule has 2 aromatic rings. The lowest BCUT2D eigenvalue weighted by atomic mass is 10.2. The van der Waals surface area contributed by atoms with E-state index < -0.39 is 0 Å². The molecule has 0 bridgehead atoms. The average Bonchev–Trinajstić information content (AvgIpc) is 3.00. The molecule has 0 radical (unpaired) electrons. The molecule has 132 valence electrons. The molecule has 1 amide bonds. The monoisotopic (exact) mass is 391 g/mol. The van der Waals surface area contributed by atoms with Crippen LogP contribution in [0.15, 0.2) is 23.6 Å². The van der Waals surface area contributed by atoms with Crippen LogP contribution < -0.4 is 15.4 Å². The van der Waals surface area contributed by atoms with E-state index in [2.05, 4.69) is 15.6 Å². The molecule has 24 heavy (non-hydrogen) atoms. The van der Waals surface area contributed by atoms with Crippen LogP contribution >= 0.6 is 35.3 Å². The number of hydrogen-bond donors (Lipinski definition) is 2. The zero-order valence-electron chi connectivity index (χ0n) is 13.3. The summed E-state index contributed by atoms with van der Waals surface area (Å²) in [4.78, 5) is 16.2. The van der Waals surface area contributed by atoms with Gasteiger partial charge in [-0.2, -0.15) is 0 Å². The number of ether oxygens (including phenoxy) is 2. The highest BCUT2D eigenvalue weighted by Crippen LogP contribution is 2.31. The number of amides is 1. The Morgan fingerprint density at radius 1 is 1.38 bits per heavy atom. The Balaban J connectivity index is 0.00000288. The second kappa shape index (κ2) is 10.5. The highest BCUT2D eigenvalue weighted by molar-refractivity contribution is 7.14. The molecular formula is C15H19Cl2N3O3S. The standard InChI is InChI=1S/C15H18ClN3O3S.ClH/c1-21-6-5-17-8-14(20)19-15-18-12(9-23-15)10-3-4-13(22-2)11(16)7-10;/h3-4,7,9,17H,5-6,8H2,1-2H3,(H,18,19,20);1H. The topological polar surface area (TPSA) is 72.5 Å². The average molecular weight is 392 g/mol. The van der Waals surface area contributed by atoms with Crippen molar-refractivity contribution in [1.82, 2.24) is 10.3 Å². The summed E-state index contributed by atoms with van der Waals surface area (Å²) in [5.74, 6) is 0.469. The SMILES string of the molecule is COCCNCC(=O)Nc1nc(-c2ccc(OC)c(Cl)c2)cs1.Cl. The molecule has 1 heterocycles. The van der Waals surface area contributed by atoms with Gasteiger partial charge >= 0.3 is 0 Å². The summed E-state index contributed by atoms with van der Waals surface area (Å²) < 4.78 is 10.0. The fourth-order valence-electron chi connectivity index (χ4n) is 1.83. The quantitative estimate of drug-likeness (QED) is 0.676. The van der Waals surface area contributed by atoms with Gasteiger partial charge < -0.3 is 20.1 Å². The Labute approximate surface area is 155 Å². The van der Waals surface area contributed by atoms with Crippen LogP contribution in [0.3, 0.4) is 0 Å². The van der Waals surface area contributed by atoms with E-state index in [1.165, 1.54) is 11.3 Å². The zero-order chi connectivity index (χ0) is 16.7. The number of aromatic nitrogens is 1. The third kappa shape index (κ3) is 5.92. The number of halogens is 2. The molecule has 1 aromatic heterocycles. The molecule has 9 heteroatoms. The third-order valence-electron chi connectivity index (χ3n) is 2.97. The Hall–Kier alpha value is -1.38. The molecule has 0 aliphatic carbocycles. The van der Waals surface area contributed by atoms with Crippen molar-refractivity contribution in [3.63, 3.8) is 0 Å². The number of methoxy groups -OCH3 is 2. The largest absolute Gasteiger partial charge is 0.495 e. The van der Waals surface area contributed by atoms with Crippen LogP contribution in [0.25, 0.3) is 11.3 Å². The molecule has 6 nitrogen and oxygen atoms in total. The van der Waals surface area contributed by atoms with Crippen molar-refractivity contribution in [2.75, 3.05) is 39.2 Å². The molecule has 0 fully saturated rings. The van der Waals surface area contributed by atoms with Crippen LogP contribution in [-0.4, -0.2) is 44.8 Å². The number of carbonyl (C=O) groups is 1. The minimum atomic E-state index is -0.144. The number of carbonyl (C=O) groups excluding carboxylic acids is 1. The maximum atomic E-state index is 11.8. The Morgan fingerprint density at radius 2 is 2.17 bits per heavy atom. The molecule has 0 aliphatic rings. The predicted octanol–water partition coefficient (Wildman–Crippen LogP) is 3.07. The van der Waals surface area contributed by atoms with Gasteiger partial charge in [-0.15, -0.1) is 23.7 Å². The number of benzene rings is 1. The van der Waals surface area contributed by atoms with Crippen LogP contribution in [0.1, 0.15) is 0 Å². The number of nitrogens with one attached hydrogen (secondary N) is 2. The van der Waals surface area contributed by atoms with Crippen LogP contribution in [0.4, 0.5) is 5.13 Å². The number of nitrogens with zero attached hydrogens (tertiary/aromatic N) is 1. The van der Waals surface area contributed by atoms with Crippen molar-refractivity contribution in [2.24, 2.45) is 0 Å². The Morgan fingerprint density at radius 3 is 2.83 bits per heavy atom. The summed E-state index contributed by atoms with van der Waals surface area (Å²) in [6.45, 7) is 1.40. The van der Waals surface area contributed by atoms with E-state index in [4.69, 9.17) is 21.1 Å². The summed E-state index contributed by atoms with van der Waals surface area (Å²) in [5, 5.41) is 8.66. The molecule has 0 unspecified atom stereocenters. The van der Waals surface area contributed by atoms with Crippen molar-refractivity contribution in [3.05, 3.63) is 28.6 Å². The second-order valence-corrected chi connectivity index (χ2v) is 5.87. The lowest BCUT2D eigenvalue weighted by Gasteiger charge is -2.04. The summed E-state index contributed by atoms with van der Waals surface area (Å²) in [7, 11) is 3.18. The maximum Gasteiger partial charge on any atom is 0.240 e. The van der Waals surface area contributed by atoms with Crippen LogP contribution in [0.5, 0.6) is 5.75 Å². The number of anilines is 1. The van der Waals surface area contributed by atoms with Crippen molar-refractivity contribution in [1.29, 1.82) is 0 Å². The van der Waals surface area contributed by atoms with Crippen molar-refractivity contribution in [3.8, 4) is 17.0 Å². The van der Waals surface area contributed by atoms with Gasteiger partial charge in [-0.25, -0.2) is 4.98 Å². The van der Waals surface area contributed by atoms with Crippen molar-refractivity contribution >= 4 is 46.4 Å². The van der Waals surface area contributed by atoms with Gasteiger partial charge in [-0.3, -0.25) is 4.79 Å². The highest BCUT2D eigenvalue weighted by Gasteiger charge is 2.09. The number of thiazole rings is 1. The van der Waals surface area contributed by atoms with E-state index in [0.29, 0.717) is 29.1 Å². The summed E-state index contributed by atoms with van der Waals surface area (Å²) in [6, 6.07) is 5.44. The van der Waals surface area contributed by atoms with E-state index in [1.807, 2.05) is 11.4 Å². The number of rotatable bonds is 8. The minimum absolute atomic E-state index is 0. The van der Waals surface area contributed by atoms with E-state index in [0.717, 1.165) is 11.3 Å². The van der Waals surface area contributed by atoms with E-state index >= 15 is 0 Å². The fraction of sp³-hybridized carbons (Fsp3) is 0.333. The van der Waals surface area contributed by atoms with Gasteiger partial charge in [-0.05, 0) is 18.2 Å². The maximum absolute atomic E-state index is 11.8. The van der Waals surface area contributed by atoms with Crippen molar-refractivity contribution in [2.45, 2.75) is 0 Å². The predicted molar refractivity (Wildman–Crippen MR) is 99.7 cm³/mol. The van der Waals surface area contributed by atoms with Gasteiger partial charge in [0.05, 0.1) is 31.0 Å². The summed E-state index contributed by atoms with van der Waals surface area (Å²) >= 11 is 7.48. The molecule has 1 aromatic carbocycles. The molecule has 2 N–H and O–H groups in total. The molecule has 0 saturated carbocycles. The highest BCUT2D eigenvalue weighted by atomic mass is 35.5. The summed E-state index contributed by atoms with van der Waals surface area (Å²) in [5.41, 5.74) is 1.62. The lowest BCUT2D eigenvalue weighted by Crippen LogP contribution is -2.30. The molecule has 0 atom stereocenters. The molecule has 0 aliphatic heterocycles. The first-order chi connectivity index (χ1) is 11.1. The Bertz CT molecular complexity index is 667. The molecule has 0 spiro atoms. The van der Waals surface area contributed by atoms with Crippen LogP contribution in [0.2, 0.25) is 5.02 Å². The van der Waals surface area contributed by atoms with Gasteiger partial charge in [0.1, 0.15) is 5.75 Å². The fourth-order valence-corrected chi connectivity index (χ4v) is 2.82. The van der Waals surface area contributed by atoms with Gasteiger partial charge in [0.2, 0.25) is 5.91 Å². The molecule has 0 saturated heterocycles. The first kappa shape index (κ1) is 20.7. The molecule has 2 rings (SSSR count). The summed E-state index contributed by atoms with van der Waals surface area (Å²) in [6.07, 6.45) is 0. The van der Waals surface area contributed by atoms with Crippen LogP contribution in [0, 0.1) is 0 Å². The molecular weight excluding hydrogens is 373 g/mol. The van der Waals surface area contributed by atoms with E-state index in [1.54, 1.807) is 26.4 Å². The lowest BCUT2D eigenvalue weighted by molar-refractivity contribution is -0.115. The van der Waals surface area contributed by atoms with Gasteiger partial charge in [0.25, 0.3) is 0 Å². The Kier molecular flexibility index (Phi) is 9.02. The van der Waals surface area contributed by atoms with Crippen LogP contribution in [-0.2, 0) is 9.53 Å². The second-order valence-electron chi connectivity index (χ2n) is 4.60. The third-order valence-corrected chi connectivity index (χ3v) is 4.02. The van der Waals surface area contributed by atoms with Gasteiger partial charge in [-0.1, -0.05) is 11.6 Å². The first-order valence-electron chi connectivity index (χ1n) is 6.93. The zero-order valence-corrected chi connectivity index (χ0v) is 15.7. The minimum Gasteiger partial charge on any atom is -0.495 e. The van der Waals surface area contributed by atoms with Gasteiger partial charge in [0.15, 0.2) is 5.13 Å². The number of hydrogen-bond acceptors (Lipinski definition) is 6. The van der Waals surface area contributed by atoms with E-state index in [9.17, 15) is 4.79 Å². The normalized spacial score (nSPS) is 10.1. The smallest absolute Gasteiger partial charge is 0.240 e. The first-order valence-corrected chi connectivity index (χ1v) is 8.18. The van der Waals surface area contributed by atoms with E-state index in [-0.39, 0.29) is 24.9 Å². The van der Waals surface area contributed by atoms with Gasteiger partial charge in [0, 0.05) is 24.6 Å².